The molecule has 92 valence electrons. The number of rotatable bonds is 4. The number of anilines is 1. The van der Waals surface area contributed by atoms with E-state index < -0.39 is 5.97 Å². The van der Waals surface area contributed by atoms with Gasteiger partial charge in [0.2, 0.25) is 0 Å². The number of hydrogen-bond acceptors (Lipinski definition) is 4. The maximum atomic E-state index is 11.1. The lowest BCUT2D eigenvalue weighted by atomic mass is 10.1. The molecule has 0 fully saturated rings. The van der Waals surface area contributed by atoms with Crippen LogP contribution in [0.5, 0.6) is 0 Å². The van der Waals surface area contributed by atoms with Gasteiger partial charge in [-0.05, 0) is 31.2 Å². The summed E-state index contributed by atoms with van der Waals surface area (Å²) in [6.07, 6.45) is 1.08. The normalized spacial score (nSPS) is 11.1. The first-order valence-electron chi connectivity index (χ1n) is 5.39. The highest BCUT2D eigenvalue weighted by Gasteiger charge is 2.04. The van der Waals surface area contributed by atoms with Crippen LogP contribution in [0.3, 0.4) is 0 Å². The summed E-state index contributed by atoms with van der Waals surface area (Å²) in [5, 5.41) is 9.69. The van der Waals surface area contributed by atoms with Gasteiger partial charge in [-0.3, -0.25) is 0 Å². The van der Waals surface area contributed by atoms with Gasteiger partial charge in [-0.25, -0.2) is 4.79 Å². The third-order valence-electron chi connectivity index (χ3n) is 2.22. The Morgan fingerprint density at radius 2 is 1.94 bits per heavy atom. The molecule has 0 unspecified atom stereocenters. The second-order valence-corrected chi connectivity index (χ2v) is 3.72. The van der Waals surface area contributed by atoms with E-state index in [1.807, 2.05) is 31.1 Å². The predicted octanol–water partition coefficient (Wildman–Crippen LogP) is 2.21. The fourth-order valence-electron chi connectivity index (χ4n) is 1.31. The smallest absolute Gasteiger partial charge is 0.334 e. The molecular weight excluding hydrogens is 218 g/mol. The second kappa shape index (κ2) is 5.94. The molecule has 1 rings (SSSR count). The van der Waals surface area contributed by atoms with Crippen LogP contribution in [0.2, 0.25) is 0 Å². The van der Waals surface area contributed by atoms with Crippen LogP contribution < -0.4 is 4.90 Å². The van der Waals surface area contributed by atoms with Gasteiger partial charge in [0.1, 0.15) is 5.76 Å². The van der Waals surface area contributed by atoms with Crippen LogP contribution in [0.25, 0.3) is 5.76 Å². The van der Waals surface area contributed by atoms with Gasteiger partial charge in [0.25, 0.3) is 0 Å². The summed E-state index contributed by atoms with van der Waals surface area (Å²) in [7, 11) is 3.87. The van der Waals surface area contributed by atoms with Crippen LogP contribution in [-0.2, 0) is 9.53 Å². The fraction of sp³-hybridized carbons (Fsp3) is 0.308. The van der Waals surface area contributed by atoms with Gasteiger partial charge >= 0.3 is 5.97 Å². The molecule has 0 atom stereocenters. The van der Waals surface area contributed by atoms with Crippen LogP contribution in [0.1, 0.15) is 12.5 Å². The molecule has 0 aliphatic rings. The summed E-state index contributed by atoms with van der Waals surface area (Å²) < 4.78 is 4.71. The lowest BCUT2D eigenvalue weighted by Gasteiger charge is -2.12. The minimum Gasteiger partial charge on any atom is -0.507 e. The number of aliphatic hydroxyl groups is 1. The van der Waals surface area contributed by atoms with Crippen LogP contribution in [0, 0.1) is 0 Å². The van der Waals surface area contributed by atoms with Crippen LogP contribution >= 0.6 is 0 Å². The summed E-state index contributed by atoms with van der Waals surface area (Å²) in [6, 6.07) is 7.23. The molecule has 4 heteroatoms. The zero-order chi connectivity index (χ0) is 12.8. The minimum atomic E-state index is -0.540. The highest BCUT2D eigenvalue weighted by Crippen LogP contribution is 2.17. The Morgan fingerprint density at radius 1 is 1.35 bits per heavy atom. The van der Waals surface area contributed by atoms with Crippen molar-refractivity contribution in [2.45, 2.75) is 6.92 Å². The Balaban J connectivity index is 2.82. The van der Waals surface area contributed by atoms with Crippen molar-refractivity contribution < 1.29 is 14.6 Å². The molecule has 0 aliphatic carbocycles. The van der Waals surface area contributed by atoms with Crippen LogP contribution in [0.15, 0.2) is 30.3 Å². The van der Waals surface area contributed by atoms with Gasteiger partial charge in [-0.1, -0.05) is 0 Å². The Hall–Kier alpha value is -1.97. The van der Waals surface area contributed by atoms with E-state index in [9.17, 15) is 9.90 Å². The van der Waals surface area contributed by atoms with Crippen molar-refractivity contribution in [3.05, 3.63) is 35.9 Å². The molecule has 1 N–H and O–H groups in total. The van der Waals surface area contributed by atoms with Gasteiger partial charge in [0, 0.05) is 25.3 Å². The third-order valence-corrected chi connectivity index (χ3v) is 2.22. The number of hydrogen-bond donors (Lipinski definition) is 1. The molecule has 1 aromatic rings. The Morgan fingerprint density at radius 3 is 2.41 bits per heavy atom. The highest BCUT2D eigenvalue weighted by molar-refractivity contribution is 5.89. The molecule has 1 aromatic carbocycles. The largest absolute Gasteiger partial charge is 0.507 e. The quantitative estimate of drug-likeness (QED) is 0.494. The van der Waals surface area contributed by atoms with E-state index in [-0.39, 0.29) is 5.76 Å². The Labute approximate surface area is 101 Å². The van der Waals surface area contributed by atoms with E-state index in [1.54, 1.807) is 19.1 Å². The van der Waals surface area contributed by atoms with Crippen LogP contribution in [0.4, 0.5) is 5.69 Å². The molecule has 0 amide bonds. The monoisotopic (exact) mass is 235 g/mol. The molecule has 0 saturated heterocycles. The first kappa shape index (κ1) is 13.1. The molecule has 0 aliphatic heterocycles. The molecule has 0 saturated carbocycles. The van der Waals surface area contributed by atoms with Crippen molar-refractivity contribution >= 4 is 17.4 Å². The average molecular weight is 235 g/mol. The molecule has 4 nitrogen and oxygen atoms in total. The van der Waals surface area contributed by atoms with Crippen molar-refractivity contribution in [2.75, 3.05) is 25.6 Å². The maximum Gasteiger partial charge on any atom is 0.334 e. The van der Waals surface area contributed by atoms with Crippen molar-refractivity contribution in [3.63, 3.8) is 0 Å². The topological polar surface area (TPSA) is 49.8 Å². The van der Waals surface area contributed by atoms with E-state index in [2.05, 4.69) is 0 Å². The van der Waals surface area contributed by atoms with E-state index in [0.717, 1.165) is 11.8 Å². The summed E-state index contributed by atoms with van der Waals surface area (Å²) in [4.78, 5) is 13.1. The molecule has 0 bridgehead atoms. The van der Waals surface area contributed by atoms with Crippen molar-refractivity contribution in [1.82, 2.24) is 0 Å². The predicted molar refractivity (Wildman–Crippen MR) is 68.0 cm³/mol. The maximum absolute atomic E-state index is 11.1. The molecule has 0 heterocycles. The number of carbonyl (C=O) groups is 1. The first-order valence-corrected chi connectivity index (χ1v) is 5.39. The second-order valence-electron chi connectivity index (χ2n) is 3.72. The van der Waals surface area contributed by atoms with Gasteiger partial charge in [-0.2, -0.15) is 0 Å². The third kappa shape index (κ3) is 3.83. The van der Waals surface area contributed by atoms with Gasteiger partial charge in [0.15, 0.2) is 0 Å². The molecule has 17 heavy (non-hydrogen) atoms. The number of esters is 1. The lowest BCUT2D eigenvalue weighted by molar-refractivity contribution is -0.137. The zero-order valence-corrected chi connectivity index (χ0v) is 10.3. The standard InChI is InChI=1S/C13H17NO3/c1-4-17-13(16)9-12(15)10-5-7-11(8-6-10)14(2)3/h5-9,15H,4H2,1-3H3. The van der Waals surface area contributed by atoms with Crippen molar-refractivity contribution in [1.29, 1.82) is 0 Å². The Kier molecular flexibility index (Phi) is 4.57. The zero-order valence-electron chi connectivity index (χ0n) is 10.3. The summed E-state index contributed by atoms with van der Waals surface area (Å²) in [5.74, 6) is -0.629. The lowest BCUT2D eigenvalue weighted by Crippen LogP contribution is -2.08. The van der Waals surface area contributed by atoms with E-state index >= 15 is 0 Å². The van der Waals surface area contributed by atoms with Crippen molar-refractivity contribution in [2.24, 2.45) is 0 Å². The van der Waals surface area contributed by atoms with E-state index in [0.29, 0.717) is 12.2 Å². The molecular formula is C13H17NO3. The number of ether oxygens (including phenoxy) is 1. The average Bonchev–Trinajstić information content (AvgIpc) is 2.29. The van der Waals surface area contributed by atoms with Crippen molar-refractivity contribution in [3.8, 4) is 0 Å². The highest BCUT2D eigenvalue weighted by atomic mass is 16.5. The van der Waals surface area contributed by atoms with E-state index in [1.165, 1.54) is 0 Å². The molecule has 0 aromatic heterocycles. The number of benzene rings is 1. The number of carbonyl (C=O) groups excluding carboxylic acids is 1. The van der Waals surface area contributed by atoms with E-state index in [4.69, 9.17) is 4.74 Å². The van der Waals surface area contributed by atoms with Gasteiger partial charge < -0.3 is 14.7 Å². The van der Waals surface area contributed by atoms with Gasteiger partial charge in [-0.15, -0.1) is 0 Å². The minimum absolute atomic E-state index is 0.0891. The SMILES string of the molecule is CCOC(=O)C=C(O)c1ccc(N(C)C)cc1. The fourth-order valence-corrected chi connectivity index (χ4v) is 1.31. The molecule has 0 radical (unpaired) electrons. The summed E-state index contributed by atoms with van der Waals surface area (Å²) in [5.41, 5.74) is 1.61. The summed E-state index contributed by atoms with van der Waals surface area (Å²) >= 11 is 0. The molecule has 0 spiro atoms. The first-order chi connectivity index (χ1) is 8.04. The van der Waals surface area contributed by atoms with Gasteiger partial charge in [0.05, 0.1) is 12.7 Å². The number of aliphatic hydroxyl groups excluding tert-OH is 1. The summed E-state index contributed by atoms with van der Waals surface area (Å²) in [6.45, 7) is 2.01. The Bertz CT molecular complexity index is 407. The number of nitrogens with zero attached hydrogens (tertiary/aromatic N) is 1. The van der Waals surface area contributed by atoms with Crippen LogP contribution in [-0.4, -0.2) is 31.8 Å².